The van der Waals surface area contributed by atoms with Gasteiger partial charge < -0.3 is 4.90 Å². The van der Waals surface area contributed by atoms with E-state index in [4.69, 9.17) is 0 Å². The van der Waals surface area contributed by atoms with E-state index >= 15 is 0 Å². The van der Waals surface area contributed by atoms with Gasteiger partial charge in [0.1, 0.15) is 0 Å². The van der Waals surface area contributed by atoms with Crippen molar-refractivity contribution in [1.82, 2.24) is 0 Å². The molecule has 2 heteroatoms. The molecule has 0 aliphatic carbocycles. The molecule has 0 amide bonds. The highest BCUT2D eigenvalue weighted by atomic mass is 16.1. The van der Waals surface area contributed by atoms with Crippen molar-refractivity contribution >= 4 is 12.0 Å². The van der Waals surface area contributed by atoms with Gasteiger partial charge >= 0.3 is 0 Å². The number of carbonyl (C=O) groups excluding carboxylic acids is 1. The summed E-state index contributed by atoms with van der Waals surface area (Å²) >= 11 is 0. The largest absolute Gasteiger partial charge is 0.324 e. The first-order valence-corrected chi connectivity index (χ1v) is 3.91. The number of benzene rings is 1. The molecule has 0 aliphatic rings. The van der Waals surface area contributed by atoms with Crippen LogP contribution in [-0.2, 0) is 0 Å². The molecule has 0 atom stereocenters. The molecular weight excluding hydrogens is 162 g/mol. The van der Waals surface area contributed by atoms with Crippen molar-refractivity contribution in [1.29, 1.82) is 0 Å². The van der Waals surface area contributed by atoms with Crippen molar-refractivity contribution in [2.24, 2.45) is 0 Å². The summed E-state index contributed by atoms with van der Waals surface area (Å²) in [5.41, 5.74) is 1.42. The third kappa shape index (κ3) is 1.85. The fraction of sp³-hybridized carbons (Fsp3) is 0. The Morgan fingerprint density at radius 2 is 1.77 bits per heavy atom. The quantitative estimate of drug-likeness (QED) is 0.652. The lowest BCUT2D eigenvalue weighted by atomic mass is 10.2. The number of carbonyl (C=O) groups is 1. The van der Waals surface area contributed by atoms with Crippen LogP contribution in [0, 0.1) is 0 Å². The van der Waals surface area contributed by atoms with Gasteiger partial charge in [-0.2, -0.15) is 0 Å². The van der Waals surface area contributed by atoms with Crippen LogP contribution in [0.25, 0.3) is 0 Å². The zero-order valence-electron chi connectivity index (χ0n) is 7.31. The number of anilines is 1. The van der Waals surface area contributed by atoms with E-state index in [-0.39, 0.29) is 0 Å². The van der Waals surface area contributed by atoms with Crippen LogP contribution in [0.1, 0.15) is 10.4 Å². The molecule has 0 saturated carbocycles. The second-order valence-corrected chi connectivity index (χ2v) is 2.45. The van der Waals surface area contributed by atoms with E-state index < -0.39 is 0 Å². The van der Waals surface area contributed by atoms with Crippen LogP contribution in [0.4, 0.5) is 5.69 Å². The molecule has 66 valence electrons. The highest BCUT2D eigenvalue weighted by Gasteiger charge is 2.03. The Morgan fingerprint density at radius 3 is 2.31 bits per heavy atom. The Labute approximate surface area is 77.8 Å². The highest BCUT2D eigenvalue weighted by molar-refractivity contribution is 5.85. The monoisotopic (exact) mass is 173 g/mol. The van der Waals surface area contributed by atoms with Gasteiger partial charge in [-0.25, -0.2) is 0 Å². The number of rotatable bonds is 4. The second kappa shape index (κ2) is 4.26. The van der Waals surface area contributed by atoms with Gasteiger partial charge in [-0.1, -0.05) is 25.3 Å². The molecule has 0 aromatic heterocycles. The zero-order chi connectivity index (χ0) is 9.68. The van der Waals surface area contributed by atoms with E-state index in [0.29, 0.717) is 5.56 Å². The Balaban J connectivity index is 3.17. The lowest BCUT2D eigenvalue weighted by molar-refractivity contribution is 0.112. The average Bonchev–Trinajstić information content (AvgIpc) is 2.20. The maximum absolute atomic E-state index is 10.7. The molecule has 0 spiro atoms. The summed E-state index contributed by atoms with van der Waals surface area (Å²) in [7, 11) is 0. The van der Waals surface area contributed by atoms with Crippen LogP contribution < -0.4 is 4.90 Å². The molecule has 1 aromatic rings. The first-order chi connectivity index (χ1) is 6.33. The SMILES string of the molecule is C=CN(C=C)c1ccccc1C=O. The molecule has 0 unspecified atom stereocenters. The van der Waals surface area contributed by atoms with E-state index in [1.165, 1.54) is 0 Å². The first-order valence-electron chi connectivity index (χ1n) is 3.91. The smallest absolute Gasteiger partial charge is 0.152 e. The van der Waals surface area contributed by atoms with E-state index in [1.807, 2.05) is 18.2 Å². The van der Waals surface area contributed by atoms with Crippen molar-refractivity contribution in [2.75, 3.05) is 4.90 Å². The van der Waals surface area contributed by atoms with Gasteiger partial charge in [-0.15, -0.1) is 0 Å². The van der Waals surface area contributed by atoms with Crippen molar-refractivity contribution in [3.63, 3.8) is 0 Å². The Kier molecular flexibility index (Phi) is 3.03. The molecule has 0 fully saturated rings. The van der Waals surface area contributed by atoms with Crippen LogP contribution in [0.5, 0.6) is 0 Å². The topological polar surface area (TPSA) is 20.3 Å². The number of hydrogen-bond acceptors (Lipinski definition) is 2. The van der Waals surface area contributed by atoms with Gasteiger partial charge in [-0.3, -0.25) is 4.79 Å². The second-order valence-electron chi connectivity index (χ2n) is 2.45. The van der Waals surface area contributed by atoms with E-state index in [1.54, 1.807) is 23.4 Å². The van der Waals surface area contributed by atoms with Gasteiger partial charge in [0.25, 0.3) is 0 Å². The Hall–Kier alpha value is -1.83. The van der Waals surface area contributed by atoms with Crippen LogP contribution in [0.3, 0.4) is 0 Å². The fourth-order valence-corrected chi connectivity index (χ4v) is 1.09. The Morgan fingerprint density at radius 1 is 1.15 bits per heavy atom. The average molecular weight is 173 g/mol. The van der Waals surface area contributed by atoms with Crippen LogP contribution in [0.15, 0.2) is 49.8 Å². The van der Waals surface area contributed by atoms with E-state index in [2.05, 4.69) is 13.2 Å². The highest BCUT2D eigenvalue weighted by Crippen LogP contribution is 2.18. The standard InChI is InChI=1S/C11H11NO/c1-3-12(4-2)11-8-6-5-7-10(11)9-13/h3-9H,1-2H2. The lowest BCUT2D eigenvalue weighted by Crippen LogP contribution is -2.07. The molecule has 0 N–H and O–H groups in total. The van der Waals surface area contributed by atoms with Crippen molar-refractivity contribution < 1.29 is 4.79 Å². The van der Waals surface area contributed by atoms with Gasteiger partial charge in [-0.05, 0) is 12.1 Å². The molecule has 0 bridgehead atoms. The third-order valence-corrected chi connectivity index (χ3v) is 1.74. The van der Waals surface area contributed by atoms with E-state index in [0.717, 1.165) is 12.0 Å². The molecule has 1 rings (SSSR count). The minimum Gasteiger partial charge on any atom is -0.324 e. The number of para-hydroxylation sites is 1. The normalized spacial score (nSPS) is 8.92. The predicted molar refractivity (Wildman–Crippen MR) is 54.7 cm³/mol. The summed E-state index contributed by atoms with van der Waals surface area (Å²) in [5, 5.41) is 0. The lowest BCUT2D eigenvalue weighted by Gasteiger charge is -2.15. The van der Waals surface area contributed by atoms with Gasteiger partial charge in [0, 0.05) is 18.0 Å². The van der Waals surface area contributed by atoms with Gasteiger partial charge in [0.2, 0.25) is 0 Å². The first kappa shape index (κ1) is 9.26. The molecule has 1 aromatic carbocycles. The summed E-state index contributed by atoms with van der Waals surface area (Å²) < 4.78 is 0. The van der Waals surface area contributed by atoms with Crippen LogP contribution in [0.2, 0.25) is 0 Å². The summed E-state index contributed by atoms with van der Waals surface area (Å²) in [6.07, 6.45) is 4.03. The predicted octanol–water partition coefficient (Wildman–Crippen LogP) is 2.59. The van der Waals surface area contributed by atoms with E-state index in [9.17, 15) is 4.79 Å². The number of hydrogen-bond donors (Lipinski definition) is 0. The minimum absolute atomic E-state index is 0.627. The maximum atomic E-state index is 10.7. The van der Waals surface area contributed by atoms with Crippen molar-refractivity contribution in [3.8, 4) is 0 Å². The molecule has 0 radical (unpaired) electrons. The number of aldehydes is 1. The summed E-state index contributed by atoms with van der Waals surface area (Å²) in [6.45, 7) is 7.24. The zero-order valence-corrected chi connectivity index (χ0v) is 7.31. The summed E-state index contributed by atoms with van der Waals surface area (Å²) in [5.74, 6) is 0. The molecule has 0 heterocycles. The van der Waals surface area contributed by atoms with Crippen molar-refractivity contribution in [3.05, 3.63) is 55.4 Å². The fourth-order valence-electron chi connectivity index (χ4n) is 1.09. The maximum Gasteiger partial charge on any atom is 0.152 e. The summed E-state index contributed by atoms with van der Waals surface area (Å²) in [6, 6.07) is 7.27. The number of nitrogens with zero attached hydrogens (tertiary/aromatic N) is 1. The molecule has 2 nitrogen and oxygen atoms in total. The molecule has 0 saturated heterocycles. The Bertz CT molecular complexity index is 323. The van der Waals surface area contributed by atoms with Crippen molar-refractivity contribution in [2.45, 2.75) is 0 Å². The third-order valence-electron chi connectivity index (χ3n) is 1.74. The molecular formula is C11H11NO. The van der Waals surface area contributed by atoms with Crippen LogP contribution in [-0.4, -0.2) is 6.29 Å². The van der Waals surface area contributed by atoms with Gasteiger partial charge in [0.15, 0.2) is 6.29 Å². The molecule has 0 aliphatic heterocycles. The summed E-state index contributed by atoms with van der Waals surface area (Å²) in [4.78, 5) is 12.4. The van der Waals surface area contributed by atoms with Gasteiger partial charge in [0.05, 0.1) is 5.69 Å². The minimum atomic E-state index is 0.627. The molecule has 13 heavy (non-hydrogen) atoms. The van der Waals surface area contributed by atoms with Crippen LogP contribution >= 0.6 is 0 Å².